The van der Waals surface area contributed by atoms with Crippen LogP contribution in [0.4, 0.5) is 15.8 Å². The second-order valence-electron chi connectivity index (χ2n) is 5.78. The maximum Gasteiger partial charge on any atom is 0.261 e. The molecular formula is C17H19FN2O2S. The first-order valence-electron chi connectivity index (χ1n) is 7.60. The highest BCUT2D eigenvalue weighted by Crippen LogP contribution is 2.27. The van der Waals surface area contributed by atoms with Gasteiger partial charge in [0.1, 0.15) is 5.82 Å². The minimum absolute atomic E-state index is 0.159. The van der Waals surface area contributed by atoms with Crippen LogP contribution in [-0.4, -0.2) is 21.5 Å². The highest BCUT2D eigenvalue weighted by molar-refractivity contribution is 7.92. The number of benzene rings is 2. The largest absolute Gasteiger partial charge is 0.369 e. The number of nitrogens with zero attached hydrogens (tertiary/aromatic N) is 1. The van der Waals surface area contributed by atoms with Crippen LogP contribution in [0.2, 0.25) is 0 Å². The molecule has 0 radical (unpaired) electrons. The smallest absolute Gasteiger partial charge is 0.261 e. The summed E-state index contributed by atoms with van der Waals surface area (Å²) in [6, 6.07) is 11.0. The van der Waals surface area contributed by atoms with Crippen molar-refractivity contribution in [1.29, 1.82) is 0 Å². The standard InChI is InChI=1S/C17H19FN2O2S/c1-13-4-7-15(8-5-13)23(21,22)19-14-6-9-17(16(18)12-14)20-10-2-3-11-20/h4-9,12,19H,2-3,10-11H2,1H3. The number of hydrogen-bond donors (Lipinski definition) is 1. The summed E-state index contributed by atoms with van der Waals surface area (Å²) in [4.78, 5) is 2.14. The third kappa shape index (κ3) is 3.47. The Morgan fingerprint density at radius 3 is 2.30 bits per heavy atom. The Hall–Kier alpha value is -2.08. The van der Waals surface area contributed by atoms with Crippen molar-refractivity contribution in [3.05, 3.63) is 53.8 Å². The quantitative estimate of drug-likeness (QED) is 0.930. The monoisotopic (exact) mass is 334 g/mol. The Kier molecular flexibility index (Phi) is 4.26. The van der Waals surface area contributed by atoms with Crippen LogP contribution in [0.3, 0.4) is 0 Å². The number of aryl methyl sites for hydroxylation is 1. The van der Waals surface area contributed by atoms with E-state index < -0.39 is 15.8 Å². The van der Waals surface area contributed by atoms with Gasteiger partial charge in [0.25, 0.3) is 10.0 Å². The highest BCUT2D eigenvalue weighted by atomic mass is 32.2. The first kappa shape index (κ1) is 15.8. The zero-order valence-electron chi connectivity index (χ0n) is 12.9. The van der Waals surface area contributed by atoms with Crippen molar-refractivity contribution >= 4 is 21.4 Å². The van der Waals surface area contributed by atoms with Gasteiger partial charge in [0.05, 0.1) is 16.3 Å². The average molecular weight is 334 g/mol. The summed E-state index contributed by atoms with van der Waals surface area (Å²) in [5.74, 6) is -0.406. The van der Waals surface area contributed by atoms with Crippen LogP contribution in [0.1, 0.15) is 18.4 Å². The van der Waals surface area contributed by atoms with Crippen LogP contribution in [0.5, 0.6) is 0 Å². The van der Waals surface area contributed by atoms with E-state index in [2.05, 4.69) is 4.72 Å². The van der Waals surface area contributed by atoms with Gasteiger partial charge < -0.3 is 4.90 Å². The zero-order valence-corrected chi connectivity index (χ0v) is 13.7. The Morgan fingerprint density at radius 1 is 1.04 bits per heavy atom. The Morgan fingerprint density at radius 2 is 1.70 bits per heavy atom. The summed E-state index contributed by atoms with van der Waals surface area (Å²) < 4.78 is 41.3. The molecule has 2 aromatic rings. The van der Waals surface area contributed by atoms with Gasteiger partial charge in [-0.15, -0.1) is 0 Å². The molecule has 0 atom stereocenters. The lowest BCUT2D eigenvalue weighted by atomic mass is 10.2. The van der Waals surface area contributed by atoms with Gasteiger partial charge in [0, 0.05) is 19.2 Å². The fourth-order valence-corrected chi connectivity index (χ4v) is 3.77. The molecule has 1 aliphatic heterocycles. The van der Waals surface area contributed by atoms with Crippen LogP contribution in [0.15, 0.2) is 47.4 Å². The number of anilines is 2. The predicted octanol–water partition coefficient (Wildman–Crippen LogP) is 3.54. The lowest BCUT2D eigenvalue weighted by Crippen LogP contribution is -2.19. The van der Waals surface area contributed by atoms with E-state index in [0.29, 0.717) is 5.69 Å². The fourth-order valence-electron chi connectivity index (χ4n) is 2.72. The number of halogens is 1. The van der Waals surface area contributed by atoms with E-state index in [4.69, 9.17) is 0 Å². The van der Waals surface area contributed by atoms with Gasteiger partial charge in [-0.25, -0.2) is 12.8 Å². The summed E-state index contributed by atoms with van der Waals surface area (Å²) in [6.07, 6.45) is 2.11. The van der Waals surface area contributed by atoms with Gasteiger partial charge in [0.2, 0.25) is 0 Å². The Bertz CT molecular complexity index is 798. The first-order chi connectivity index (χ1) is 11.0. The number of hydrogen-bond acceptors (Lipinski definition) is 3. The van der Waals surface area contributed by atoms with Gasteiger partial charge in [-0.05, 0) is 44.0 Å². The number of nitrogens with one attached hydrogen (secondary N) is 1. The molecule has 6 heteroatoms. The molecule has 23 heavy (non-hydrogen) atoms. The second-order valence-corrected chi connectivity index (χ2v) is 7.46. The molecule has 1 heterocycles. The maximum absolute atomic E-state index is 14.3. The third-order valence-electron chi connectivity index (χ3n) is 3.98. The number of sulfonamides is 1. The minimum atomic E-state index is -3.71. The van der Waals surface area contributed by atoms with Crippen molar-refractivity contribution in [1.82, 2.24) is 0 Å². The van der Waals surface area contributed by atoms with Gasteiger partial charge in [-0.1, -0.05) is 17.7 Å². The molecular weight excluding hydrogens is 315 g/mol. The van der Waals surface area contributed by atoms with Crippen molar-refractivity contribution in [2.24, 2.45) is 0 Å². The van der Waals surface area contributed by atoms with E-state index in [0.717, 1.165) is 31.5 Å². The molecule has 2 aromatic carbocycles. The normalized spacial score (nSPS) is 15.0. The molecule has 0 saturated carbocycles. The van der Waals surface area contributed by atoms with Gasteiger partial charge in [-0.3, -0.25) is 4.72 Å². The lowest BCUT2D eigenvalue weighted by Gasteiger charge is -2.19. The molecule has 4 nitrogen and oxygen atoms in total. The topological polar surface area (TPSA) is 49.4 Å². The second kappa shape index (κ2) is 6.20. The molecule has 1 saturated heterocycles. The first-order valence-corrected chi connectivity index (χ1v) is 9.08. The van der Waals surface area contributed by atoms with Crippen LogP contribution in [0.25, 0.3) is 0 Å². The average Bonchev–Trinajstić information content (AvgIpc) is 3.01. The van der Waals surface area contributed by atoms with E-state index in [1.54, 1.807) is 24.3 Å². The van der Waals surface area contributed by atoms with Gasteiger partial charge in [-0.2, -0.15) is 0 Å². The molecule has 1 N–H and O–H groups in total. The lowest BCUT2D eigenvalue weighted by molar-refractivity contribution is 0.601. The fraction of sp³-hybridized carbons (Fsp3) is 0.294. The molecule has 3 rings (SSSR count). The van der Waals surface area contributed by atoms with E-state index in [9.17, 15) is 12.8 Å². The summed E-state index contributed by atoms with van der Waals surface area (Å²) in [5.41, 5.74) is 1.73. The maximum atomic E-state index is 14.3. The summed E-state index contributed by atoms with van der Waals surface area (Å²) >= 11 is 0. The molecule has 1 aliphatic rings. The molecule has 0 spiro atoms. The summed E-state index contributed by atoms with van der Waals surface area (Å²) in [6.45, 7) is 3.56. The SMILES string of the molecule is Cc1ccc(S(=O)(=O)Nc2ccc(N3CCCC3)c(F)c2)cc1. The van der Waals surface area contributed by atoms with Gasteiger partial charge in [0.15, 0.2) is 0 Å². The van der Waals surface area contributed by atoms with Crippen molar-refractivity contribution in [3.8, 4) is 0 Å². The Labute approximate surface area is 136 Å². The summed E-state index contributed by atoms with van der Waals surface area (Å²) in [7, 11) is -3.71. The molecule has 122 valence electrons. The van der Waals surface area contributed by atoms with Crippen LogP contribution in [0, 0.1) is 12.7 Å². The summed E-state index contributed by atoms with van der Waals surface area (Å²) in [5, 5.41) is 0. The minimum Gasteiger partial charge on any atom is -0.369 e. The van der Waals surface area contributed by atoms with Crippen molar-refractivity contribution in [2.75, 3.05) is 22.7 Å². The zero-order chi connectivity index (χ0) is 16.4. The van der Waals surface area contributed by atoms with Gasteiger partial charge >= 0.3 is 0 Å². The van der Waals surface area contributed by atoms with Crippen molar-refractivity contribution in [2.45, 2.75) is 24.7 Å². The van der Waals surface area contributed by atoms with Crippen LogP contribution < -0.4 is 9.62 Å². The van der Waals surface area contributed by atoms with E-state index >= 15 is 0 Å². The van der Waals surface area contributed by atoms with Crippen LogP contribution >= 0.6 is 0 Å². The van der Waals surface area contributed by atoms with Crippen molar-refractivity contribution < 1.29 is 12.8 Å². The van der Waals surface area contributed by atoms with E-state index in [1.807, 2.05) is 11.8 Å². The molecule has 0 bridgehead atoms. The molecule has 0 aromatic heterocycles. The molecule has 0 aliphatic carbocycles. The van der Waals surface area contributed by atoms with Crippen molar-refractivity contribution in [3.63, 3.8) is 0 Å². The van der Waals surface area contributed by atoms with Crippen LogP contribution in [-0.2, 0) is 10.0 Å². The molecule has 0 unspecified atom stereocenters. The molecule has 0 amide bonds. The van der Waals surface area contributed by atoms with E-state index in [1.165, 1.54) is 18.2 Å². The highest BCUT2D eigenvalue weighted by Gasteiger charge is 2.18. The predicted molar refractivity (Wildman–Crippen MR) is 89.8 cm³/mol. The van der Waals surface area contributed by atoms with E-state index in [-0.39, 0.29) is 10.6 Å². The third-order valence-corrected chi connectivity index (χ3v) is 5.38. The number of rotatable bonds is 4. The molecule has 1 fully saturated rings. The Balaban J connectivity index is 1.82.